The molecule has 0 aromatic carbocycles. The fraction of sp³-hybridized carbons (Fsp3) is 0.455. The summed E-state index contributed by atoms with van der Waals surface area (Å²) in [6, 6.07) is 1.18. The zero-order valence-corrected chi connectivity index (χ0v) is 10.6. The predicted molar refractivity (Wildman–Crippen MR) is 65.8 cm³/mol. The van der Waals surface area contributed by atoms with Gasteiger partial charge in [0.2, 0.25) is 5.91 Å². The van der Waals surface area contributed by atoms with E-state index < -0.39 is 29.0 Å². The van der Waals surface area contributed by atoms with Crippen LogP contribution in [0.5, 0.6) is 0 Å². The van der Waals surface area contributed by atoms with Gasteiger partial charge in [-0.05, 0) is 0 Å². The van der Waals surface area contributed by atoms with Crippen LogP contribution in [0.1, 0.15) is 6.92 Å². The van der Waals surface area contributed by atoms with E-state index in [-0.39, 0.29) is 13.1 Å². The van der Waals surface area contributed by atoms with Gasteiger partial charge in [0.25, 0.3) is 5.56 Å². The van der Waals surface area contributed by atoms with Crippen molar-refractivity contribution in [3.05, 3.63) is 33.1 Å². The van der Waals surface area contributed by atoms with Crippen LogP contribution in [0.3, 0.4) is 0 Å². The van der Waals surface area contributed by atoms with Gasteiger partial charge in [-0.3, -0.25) is 23.5 Å². The SMILES string of the molecule is CC(CNC(=O)Cn1ccc(=O)n(C)c1=O)C(=O)O. The monoisotopic (exact) mass is 269 g/mol. The molecule has 104 valence electrons. The first kappa shape index (κ1) is 14.7. The van der Waals surface area contributed by atoms with Crippen molar-refractivity contribution in [3.63, 3.8) is 0 Å². The largest absolute Gasteiger partial charge is 0.481 e. The summed E-state index contributed by atoms with van der Waals surface area (Å²) in [6.07, 6.45) is 1.23. The maximum absolute atomic E-state index is 11.6. The summed E-state index contributed by atoms with van der Waals surface area (Å²) in [7, 11) is 1.31. The number of hydrogen-bond donors (Lipinski definition) is 2. The summed E-state index contributed by atoms with van der Waals surface area (Å²) in [6.45, 7) is 1.18. The van der Waals surface area contributed by atoms with E-state index in [2.05, 4.69) is 5.32 Å². The van der Waals surface area contributed by atoms with Gasteiger partial charge in [-0.25, -0.2) is 4.79 Å². The second kappa shape index (κ2) is 5.98. The van der Waals surface area contributed by atoms with Gasteiger partial charge in [0.05, 0.1) is 5.92 Å². The molecule has 0 bridgehead atoms. The van der Waals surface area contributed by atoms with E-state index in [1.165, 1.54) is 26.2 Å². The number of rotatable bonds is 5. The molecule has 1 unspecified atom stereocenters. The van der Waals surface area contributed by atoms with E-state index in [4.69, 9.17) is 5.11 Å². The highest BCUT2D eigenvalue weighted by atomic mass is 16.4. The molecule has 8 nitrogen and oxygen atoms in total. The molecule has 0 aliphatic heterocycles. The molecule has 1 atom stereocenters. The number of carboxylic acids is 1. The Morgan fingerprint density at radius 1 is 1.42 bits per heavy atom. The van der Waals surface area contributed by atoms with Gasteiger partial charge < -0.3 is 10.4 Å². The molecular formula is C11H15N3O5. The number of nitrogens with one attached hydrogen (secondary N) is 1. The zero-order chi connectivity index (χ0) is 14.6. The maximum atomic E-state index is 11.6. The molecular weight excluding hydrogens is 254 g/mol. The normalized spacial score (nSPS) is 11.9. The van der Waals surface area contributed by atoms with Gasteiger partial charge in [0.1, 0.15) is 6.54 Å². The molecule has 2 N–H and O–H groups in total. The highest BCUT2D eigenvalue weighted by Gasteiger charge is 2.13. The number of nitrogens with zero attached hydrogens (tertiary/aromatic N) is 2. The Morgan fingerprint density at radius 3 is 2.63 bits per heavy atom. The molecule has 0 aliphatic rings. The first-order chi connectivity index (χ1) is 8.82. The van der Waals surface area contributed by atoms with Gasteiger partial charge in [-0.15, -0.1) is 0 Å². The van der Waals surface area contributed by atoms with E-state index >= 15 is 0 Å². The molecule has 0 fully saturated rings. The van der Waals surface area contributed by atoms with Crippen LogP contribution in [0.15, 0.2) is 21.9 Å². The van der Waals surface area contributed by atoms with Gasteiger partial charge in [0, 0.05) is 25.9 Å². The number of amides is 1. The third kappa shape index (κ3) is 3.80. The Kier molecular flexibility index (Phi) is 4.62. The number of hydrogen-bond acceptors (Lipinski definition) is 4. The molecule has 1 rings (SSSR count). The molecule has 1 aromatic heterocycles. The summed E-state index contributed by atoms with van der Waals surface area (Å²) in [4.78, 5) is 44.9. The smallest absolute Gasteiger partial charge is 0.331 e. The summed E-state index contributed by atoms with van der Waals surface area (Å²) in [5.41, 5.74) is -1.06. The lowest BCUT2D eigenvalue weighted by molar-refractivity contribution is -0.141. The lowest BCUT2D eigenvalue weighted by Gasteiger charge is -2.10. The topological polar surface area (TPSA) is 110 Å². The standard InChI is InChI=1S/C11H15N3O5/c1-7(10(17)18)5-12-8(15)6-14-4-3-9(16)13(2)11(14)19/h3-4,7H,5-6H2,1-2H3,(H,12,15)(H,17,18). The number of aliphatic carboxylic acids is 1. The van der Waals surface area contributed by atoms with Crippen LogP contribution in [-0.4, -0.2) is 32.7 Å². The van der Waals surface area contributed by atoms with Crippen molar-refractivity contribution in [1.82, 2.24) is 14.5 Å². The third-order valence-electron chi connectivity index (χ3n) is 2.60. The Labute approximate surface area is 108 Å². The van der Waals surface area contributed by atoms with Crippen LogP contribution >= 0.6 is 0 Å². The summed E-state index contributed by atoms with van der Waals surface area (Å²) < 4.78 is 1.95. The Bertz CT molecular complexity index is 601. The number of aromatic nitrogens is 2. The fourth-order valence-electron chi connectivity index (χ4n) is 1.30. The van der Waals surface area contributed by atoms with Crippen molar-refractivity contribution >= 4 is 11.9 Å². The summed E-state index contributed by atoms with van der Waals surface area (Å²) >= 11 is 0. The van der Waals surface area contributed by atoms with E-state index in [1.807, 2.05) is 0 Å². The third-order valence-corrected chi connectivity index (χ3v) is 2.60. The molecule has 1 amide bonds. The molecule has 1 aromatic rings. The van der Waals surface area contributed by atoms with E-state index in [0.29, 0.717) is 0 Å². The minimum absolute atomic E-state index is 0.0192. The second-order valence-electron chi connectivity index (χ2n) is 4.17. The van der Waals surface area contributed by atoms with Crippen LogP contribution in [0.25, 0.3) is 0 Å². The van der Waals surface area contributed by atoms with Crippen molar-refractivity contribution in [2.45, 2.75) is 13.5 Å². The molecule has 0 saturated heterocycles. The molecule has 1 heterocycles. The van der Waals surface area contributed by atoms with Crippen LogP contribution in [0.2, 0.25) is 0 Å². The minimum atomic E-state index is -1.01. The Hall–Kier alpha value is -2.38. The van der Waals surface area contributed by atoms with E-state index in [1.54, 1.807) is 0 Å². The predicted octanol–water partition coefficient (Wildman–Crippen LogP) is -1.62. The Morgan fingerprint density at radius 2 is 2.05 bits per heavy atom. The molecule has 0 aliphatic carbocycles. The molecule has 19 heavy (non-hydrogen) atoms. The zero-order valence-electron chi connectivity index (χ0n) is 10.6. The Balaban J connectivity index is 2.68. The minimum Gasteiger partial charge on any atom is -0.481 e. The van der Waals surface area contributed by atoms with Crippen molar-refractivity contribution in [2.24, 2.45) is 13.0 Å². The van der Waals surface area contributed by atoms with Crippen LogP contribution in [0.4, 0.5) is 0 Å². The van der Waals surface area contributed by atoms with Crippen LogP contribution in [0, 0.1) is 5.92 Å². The van der Waals surface area contributed by atoms with Crippen molar-refractivity contribution in [2.75, 3.05) is 6.54 Å². The van der Waals surface area contributed by atoms with Crippen molar-refractivity contribution < 1.29 is 14.7 Å². The van der Waals surface area contributed by atoms with Gasteiger partial charge in [-0.1, -0.05) is 6.92 Å². The first-order valence-electron chi connectivity index (χ1n) is 5.59. The number of carboxylic acid groups (broad SMARTS) is 1. The van der Waals surface area contributed by atoms with Crippen LogP contribution < -0.4 is 16.6 Å². The van der Waals surface area contributed by atoms with Crippen molar-refractivity contribution in [3.8, 4) is 0 Å². The average Bonchev–Trinajstić information content (AvgIpc) is 2.36. The summed E-state index contributed by atoms with van der Waals surface area (Å²) in [5, 5.41) is 11.1. The quantitative estimate of drug-likeness (QED) is 0.667. The van der Waals surface area contributed by atoms with E-state index in [0.717, 1.165) is 9.13 Å². The van der Waals surface area contributed by atoms with Crippen molar-refractivity contribution in [1.29, 1.82) is 0 Å². The van der Waals surface area contributed by atoms with Crippen LogP contribution in [-0.2, 0) is 23.2 Å². The highest BCUT2D eigenvalue weighted by molar-refractivity contribution is 5.77. The average molecular weight is 269 g/mol. The first-order valence-corrected chi connectivity index (χ1v) is 5.59. The van der Waals surface area contributed by atoms with Gasteiger partial charge >= 0.3 is 11.7 Å². The second-order valence-corrected chi connectivity index (χ2v) is 4.17. The van der Waals surface area contributed by atoms with Gasteiger partial charge in [0.15, 0.2) is 0 Å². The summed E-state index contributed by atoms with van der Waals surface area (Å²) in [5.74, 6) is -2.21. The molecule has 0 saturated carbocycles. The lowest BCUT2D eigenvalue weighted by atomic mass is 10.2. The maximum Gasteiger partial charge on any atom is 0.331 e. The number of carbonyl (C=O) groups excluding carboxylic acids is 1. The van der Waals surface area contributed by atoms with Gasteiger partial charge in [-0.2, -0.15) is 0 Å². The number of carbonyl (C=O) groups is 2. The molecule has 8 heteroatoms. The lowest BCUT2D eigenvalue weighted by Crippen LogP contribution is -2.41. The van der Waals surface area contributed by atoms with E-state index in [9.17, 15) is 19.2 Å². The highest BCUT2D eigenvalue weighted by Crippen LogP contribution is 1.91. The fourth-order valence-corrected chi connectivity index (χ4v) is 1.30. The molecule has 0 radical (unpaired) electrons. The molecule has 0 spiro atoms.